The molecule has 0 aromatic carbocycles. The van der Waals surface area contributed by atoms with Crippen LogP contribution in [-0.4, -0.2) is 56.6 Å². The summed E-state index contributed by atoms with van der Waals surface area (Å²) in [6, 6.07) is 5.42. The van der Waals surface area contributed by atoms with Gasteiger partial charge in [0.1, 0.15) is 5.82 Å². The molecule has 0 bridgehead atoms. The lowest BCUT2D eigenvalue weighted by atomic mass is 9.95. The van der Waals surface area contributed by atoms with Gasteiger partial charge in [0, 0.05) is 18.2 Å². The number of nitrogens with zero attached hydrogens (tertiary/aromatic N) is 4. The van der Waals surface area contributed by atoms with E-state index in [0.29, 0.717) is 5.92 Å². The maximum absolute atomic E-state index is 12.3. The Labute approximate surface area is 152 Å². The molecule has 138 valence electrons. The summed E-state index contributed by atoms with van der Waals surface area (Å²) in [7, 11) is 0. The van der Waals surface area contributed by atoms with Crippen LogP contribution in [0.5, 0.6) is 0 Å². The highest BCUT2D eigenvalue weighted by Crippen LogP contribution is 2.28. The number of urea groups is 1. The van der Waals surface area contributed by atoms with Gasteiger partial charge in [0.2, 0.25) is 5.91 Å². The van der Waals surface area contributed by atoms with E-state index < -0.39 is 0 Å². The summed E-state index contributed by atoms with van der Waals surface area (Å²) in [4.78, 5) is 26.2. The Kier molecular flexibility index (Phi) is 4.58. The topological polar surface area (TPSA) is 91.6 Å². The minimum absolute atomic E-state index is 0.241. The van der Waals surface area contributed by atoms with Crippen molar-refractivity contribution in [1.82, 2.24) is 30.1 Å². The lowest BCUT2D eigenvalue weighted by molar-refractivity contribution is -0.125. The van der Waals surface area contributed by atoms with Crippen molar-refractivity contribution in [1.29, 1.82) is 0 Å². The van der Waals surface area contributed by atoms with Crippen LogP contribution in [0.3, 0.4) is 0 Å². The number of aromatic nitrogens is 3. The molecule has 8 heteroatoms. The lowest BCUT2D eigenvalue weighted by Gasteiger charge is -2.34. The predicted octanol–water partition coefficient (Wildman–Crippen LogP) is 1.29. The van der Waals surface area contributed by atoms with Crippen LogP contribution in [0.4, 0.5) is 4.79 Å². The van der Waals surface area contributed by atoms with Gasteiger partial charge in [-0.15, -0.1) is 10.2 Å². The van der Waals surface area contributed by atoms with E-state index in [2.05, 4.69) is 25.7 Å². The van der Waals surface area contributed by atoms with Crippen molar-refractivity contribution in [2.75, 3.05) is 13.1 Å². The first kappa shape index (κ1) is 17.0. The first-order chi connectivity index (χ1) is 12.6. The molecule has 1 saturated heterocycles. The van der Waals surface area contributed by atoms with Crippen LogP contribution < -0.4 is 10.6 Å². The van der Waals surface area contributed by atoms with Crippen LogP contribution in [0.15, 0.2) is 24.4 Å². The summed E-state index contributed by atoms with van der Waals surface area (Å²) < 4.78 is 2.04. The van der Waals surface area contributed by atoms with Gasteiger partial charge in [-0.25, -0.2) is 4.79 Å². The Balaban J connectivity index is 1.32. The maximum atomic E-state index is 12.3. The summed E-state index contributed by atoms with van der Waals surface area (Å²) in [6.45, 7) is 3.45. The number of rotatable bonds is 4. The predicted molar refractivity (Wildman–Crippen MR) is 95.7 cm³/mol. The van der Waals surface area contributed by atoms with Crippen LogP contribution in [0, 0.1) is 0 Å². The minimum Gasteiger partial charge on any atom is -0.335 e. The van der Waals surface area contributed by atoms with Crippen LogP contribution in [0.1, 0.15) is 44.3 Å². The second kappa shape index (κ2) is 7.03. The van der Waals surface area contributed by atoms with Gasteiger partial charge in [-0.05, 0) is 57.8 Å². The molecule has 2 aromatic rings. The van der Waals surface area contributed by atoms with Gasteiger partial charge in [0.15, 0.2) is 5.65 Å². The van der Waals surface area contributed by atoms with Crippen molar-refractivity contribution in [3.8, 4) is 0 Å². The summed E-state index contributed by atoms with van der Waals surface area (Å²) in [5, 5.41) is 13.8. The van der Waals surface area contributed by atoms with E-state index in [0.717, 1.165) is 50.2 Å². The fraction of sp³-hybridized carbons (Fsp3) is 0.556. The zero-order valence-corrected chi connectivity index (χ0v) is 14.9. The fourth-order valence-electron chi connectivity index (χ4n) is 3.51. The molecule has 1 saturated carbocycles. The molecule has 2 aromatic heterocycles. The molecule has 26 heavy (non-hydrogen) atoms. The average molecular weight is 356 g/mol. The first-order valence-corrected chi connectivity index (χ1v) is 9.27. The van der Waals surface area contributed by atoms with Crippen molar-refractivity contribution >= 4 is 17.6 Å². The molecule has 0 spiro atoms. The number of nitrogens with one attached hydrogen (secondary N) is 2. The van der Waals surface area contributed by atoms with Crippen molar-refractivity contribution in [2.24, 2.45) is 0 Å². The zero-order valence-electron chi connectivity index (χ0n) is 14.9. The molecule has 2 fully saturated rings. The molecule has 1 aliphatic heterocycles. The first-order valence-electron chi connectivity index (χ1n) is 9.27. The van der Waals surface area contributed by atoms with E-state index in [1.165, 1.54) is 0 Å². The third kappa shape index (κ3) is 3.55. The molecular formula is C18H24N6O2. The van der Waals surface area contributed by atoms with Gasteiger partial charge in [0.25, 0.3) is 0 Å². The van der Waals surface area contributed by atoms with E-state index in [-0.39, 0.29) is 24.0 Å². The second-order valence-corrected chi connectivity index (χ2v) is 7.21. The number of fused-ring (bicyclic) bond motifs is 1. The molecule has 4 rings (SSSR count). The third-order valence-corrected chi connectivity index (χ3v) is 5.31. The largest absolute Gasteiger partial charge is 0.335 e. The fourth-order valence-corrected chi connectivity index (χ4v) is 3.51. The van der Waals surface area contributed by atoms with Crippen LogP contribution >= 0.6 is 0 Å². The normalized spacial score (nSPS) is 20.0. The molecule has 1 unspecified atom stereocenters. The Morgan fingerprint density at radius 3 is 2.65 bits per heavy atom. The molecule has 8 nitrogen and oxygen atoms in total. The Morgan fingerprint density at radius 1 is 1.15 bits per heavy atom. The highest BCUT2D eigenvalue weighted by Gasteiger charge is 2.30. The summed E-state index contributed by atoms with van der Waals surface area (Å²) in [5.74, 6) is 1.08. The van der Waals surface area contributed by atoms with Gasteiger partial charge in [-0.1, -0.05) is 6.07 Å². The van der Waals surface area contributed by atoms with Gasteiger partial charge in [0.05, 0.1) is 6.04 Å². The molecule has 1 aliphatic carbocycles. The number of imide groups is 1. The van der Waals surface area contributed by atoms with E-state index >= 15 is 0 Å². The Hall–Kier alpha value is -2.48. The molecule has 2 aliphatic rings. The summed E-state index contributed by atoms with van der Waals surface area (Å²) in [6.07, 6.45) is 5.83. The number of pyridine rings is 1. The highest BCUT2D eigenvalue weighted by molar-refractivity contribution is 5.97. The number of carbonyl (C=O) groups excluding carboxylic acids is 2. The summed E-state index contributed by atoms with van der Waals surface area (Å²) >= 11 is 0. The number of carbonyl (C=O) groups is 2. The summed E-state index contributed by atoms with van der Waals surface area (Å²) in [5.41, 5.74) is 0.861. The molecule has 0 radical (unpaired) electrons. The van der Waals surface area contributed by atoms with Crippen LogP contribution in [0.2, 0.25) is 0 Å². The van der Waals surface area contributed by atoms with Crippen molar-refractivity contribution in [3.63, 3.8) is 0 Å². The van der Waals surface area contributed by atoms with Gasteiger partial charge >= 0.3 is 6.03 Å². The third-order valence-electron chi connectivity index (χ3n) is 5.31. The quantitative estimate of drug-likeness (QED) is 0.861. The van der Waals surface area contributed by atoms with E-state index in [1.54, 1.807) is 0 Å². The molecule has 2 N–H and O–H groups in total. The Bertz CT molecular complexity index is 807. The van der Waals surface area contributed by atoms with E-state index in [4.69, 9.17) is 0 Å². The number of hydrogen-bond acceptors (Lipinski definition) is 5. The van der Waals surface area contributed by atoms with Gasteiger partial charge in [-0.2, -0.15) is 0 Å². The number of amides is 3. The smallest absolute Gasteiger partial charge is 0.321 e. The van der Waals surface area contributed by atoms with Crippen molar-refractivity contribution in [2.45, 2.75) is 50.6 Å². The van der Waals surface area contributed by atoms with E-state index in [9.17, 15) is 9.59 Å². The second-order valence-electron chi connectivity index (χ2n) is 7.21. The van der Waals surface area contributed by atoms with E-state index in [1.807, 2.05) is 35.7 Å². The SMILES string of the molecule is CC(C(=O)NC(=O)NC1CC1)N1CCC(c2nnc3ccccn23)CC1. The average Bonchev–Trinajstić information content (AvgIpc) is 3.36. The van der Waals surface area contributed by atoms with Gasteiger partial charge in [-0.3, -0.25) is 19.4 Å². The zero-order chi connectivity index (χ0) is 18.1. The molecule has 1 atom stereocenters. The molecule has 3 amide bonds. The standard InChI is InChI=1S/C18H24N6O2/c1-12(17(25)20-18(26)19-14-5-6-14)23-10-7-13(8-11-23)16-22-21-15-4-2-3-9-24(15)16/h2-4,9,12-14H,5-8,10-11H2,1H3,(H2,19,20,25,26). The number of likely N-dealkylation sites (tertiary alicyclic amines) is 1. The maximum Gasteiger partial charge on any atom is 0.321 e. The monoisotopic (exact) mass is 356 g/mol. The van der Waals surface area contributed by atoms with Crippen LogP contribution in [-0.2, 0) is 4.79 Å². The highest BCUT2D eigenvalue weighted by atomic mass is 16.2. The van der Waals surface area contributed by atoms with Gasteiger partial charge < -0.3 is 5.32 Å². The lowest BCUT2D eigenvalue weighted by Crippen LogP contribution is -2.51. The van der Waals surface area contributed by atoms with Crippen molar-refractivity contribution in [3.05, 3.63) is 30.2 Å². The Morgan fingerprint density at radius 2 is 1.92 bits per heavy atom. The number of piperidine rings is 1. The molecular weight excluding hydrogens is 332 g/mol. The van der Waals surface area contributed by atoms with Crippen LogP contribution in [0.25, 0.3) is 5.65 Å². The van der Waals surface area contributed by atoms with Crippen molar-refractivity contribution < 1.29 is 9.59 Å². The number of hydrogen-bond donors (Lipinski definition) is 2. The minimum atomic E-state index is -0.380. The molecule has 3 heterocycles.